The molecule has 0 fully saturated rings. The molecule has 4 rings (SSSR count). The second-order valence-corrected chi connectivity index (χ2v) is 6.06. The van der Waals surface area contributed by atoms with E-state index in [1.165, 1.54) is 0 Å². The molecule has 0 atom stereocenters. The highest BCUT2D eigenvalue weighted by Gasteiger charge is 2.23. The van der Waals surface area contributed by atoms with E-state index in [2.05, 4.69) is 0 Å². The van der Waals surface area contributed by atoms with Gasteiger partial charge in [0, 0.05) is 5.56 Å². The van der Waals surface area contributed by atoms with Crippen LogP contribution in [0.4, 0.5) is 5.69 Å². The molecule has 5 nitrogen and oxygen atoms in total. The van der Waals surface area contributed by atoms with Crippen LogP contribution >= 0.6 is 0 Å². The lowest BCUT2D eigenvalue weighted by molar-refractivity contribution is 0.410. The van der Waals surface area contributed by atoms with Crippen LogP contribution in [-0.2, 0) is 0 Å². The number of hydrogen-bond donors (Lipinski definition) is 1. The third-order valence-electron chi connectivity index (χ3n) is 4.45. The molecular formula is C22H19N3O2. The molecule has 0 aliphatic heterocycles. The van der Waals surface area contributed by atoms with Gasteiger partial charge in [0.15, 0.2) is 0 Å². The van der Waals surface area contributed by atoms with Crippen molar-refractivity contribution >= 4 is 5.69 Å². The van der Waals surface area contributed by atoms with Crippen LogP contribution in [0.25, 0.3) is 22.6 Å². The van der Waals surface area contributed by atoms with Crippen LogP contribution in [0.3, 0.4) is 0 Å². The number of benzene rings is 3. The number of nitrogens with two attached hydrogens (primary N) is 1. The minimum absolute atomic E-state index is 0.191. The van der Waals surface area contributed by atoms with Gasteiger partial charge in [-0.1, -0.05) is 60.7 Å². The first kappa shape index (κ1) is 16.7. The maximum absolute atomic E-state index is 13.2. The topological polar surface area (TPSA) is 62.2 Å². The van der Waals surface area contributed by atoms with Crippen molar-refractivity contribution < 1.29 is 4.74 Å². The van der Waals surface area contributed by atoms with Crippen molar-refractivity contribution in [3.63, 3.8) is 0 Å². The number of para-hydroxylation sites is 3. The Balaban J connectivity index is 2.13. The van der Waals surface area contributed by atoms with Gasteiger partial charge in [0.05, 0.1) is 18.5 Å². The molecule has 0 aliphatic rings. The molecule has 134 valence electrons. The maximum atomic E-state index is 13.2. The summed E-state index contributed by atoms with van der Waals surface area (Å²) < 4.78 is 8.89. The molecule has 3 aromatic carbocycles. The summed E-state index contributed by atoms with van der Waals surface area (Å²) in [5.41, 5.74) is 9.18. The summed E-state index contributed by atoms with van der Waals surface area (Å²) in [6.07, 6.45) is 0. The van der Waals surface area contributed by atoms with E-state index in [-0.39, 0.29) is 11.2 Å². The molecule has 0 radical (unpaired) electrons. The Morgan fingerprint density at radius 3 is 2.04 bits per heavy atom. The van der Waals surface area contributed by atoms with Crippen molar-refractivity contribution in [2.45, 2.75) is 0 Å². The lowest BCUT2D eigenvalue weighted by Crippen LogP contribution is -2.22. The summed E-state index contributed by atoms with van der Waals surface area (Å²) in [6, 6.07) is 26.7. The number of hydrogen-bond acceptors (Lipinski definition) is 3. The average Bonchev–Trinajstić information content (AvgIpc) is 3.00. The number of anilines is 1. The predicted molar refractivity (Wildman–Crippen MR) is 108 cm³/mol. The fourth-order valence-electron chi connectivity index (χ4n) is 3.23. The highest BCUT2D eigenvalue weighted by atomic mass is 16.5. The van der Waals surface area contributed by atoms with Gasteiger partial charge in [-0.2, -0.15) is 0 Å². The monoisotopic (exact) mass is 357 g/mol. The van der Waals surface area contributed by atoms with E-state index in [0.717, 1.165) is 11.3 Å². The molecule has 0 saturated carbocycles. The summed E-state index contributed by atoms with van der Waals surface area (Å²) in [5, 5.41) is 0. The number of nitrogen functional groups attached to an aromatic ring is 1. The van der Waals surface area contributed by atoms with Gasteiger partial charge < -0.3 is 10.5 Å². The molecule has 4 aromatic rings. The van der Waals surface area contributed by atoms with Crippen molar-refractivity contribution in [3.8, 4) is 28.4 Å². The van der Waals surface area contributed by atoms with E-state index in [1.807, 2.05) is 89.6 Å². The number of rotatable bonds is 4. The zero-order valence-electron chi connectivity index (χ0n) is 14.9. The van der Waals surface area contributed by atoms with E-state index in [0.29, 0.717) is 17.1 Å². The quantitative estimate of drug-likeness (QED) is 0.603. The Kier molecular flexibility index (Phi) is 4.26. The van der Waals surface area contributed by atoms with Gasteiger partial charge in [-0.15, -0.1) is 0 Å². The van der Waals surface area contributed by atoms with Gasteiger partial charge in [0.2, 0.25) is 0 Å². The summed E-state index contributed by atoms with van der Waals surface area (Å²) in [4.78, 5) is 13.2. The number of methoxy groups -OCH3 is 1. The second-order valence-electron chi connectivity index (χ2n) is 6.06. The first-order valence-electron chi connectivity index (χ1n) is 8.60. The zero-order chi connectivity index (χ0) is 18.8. The smallest absolute Gasteiger partial charge is 0.295 e. The van der Waals surface area contributed by atoms with Crippen molar-refractivity contribution in [1.82, 2.24) is 9.36 Å². The molecule has 0 spiro atoms. The van der Waals surface area contributed by atoms with Crippen LogP contribution < -0.4 is 16.0 Å². The van der Waals surface area contributed by atoms with Crippen LogP contribution in [0.5, 0.6) is 5.75 Å². The molecule has 2 N–H and O–H groups in total. The van der Waals surface area contributed by atoms with Crippen molar-refractivity contribution in [1.29, 1.82) is 0 Å². The standard InChI is InChI=1S/C22H19N3O2/c1-27-19-15-9-8-14-18(19)25-22(26)20(23)21(16-10-4-2-5-11-16)24(25)17-12-6-3-7-13-17/h2-15H,23H2,1H3. The van der Waals surface area contributed by atoms with E-state index in [1.54, 1.807) is 11.8 Å². The van der Waals surface area contributed by atoms with E-state index in [4.69, 9.17) is 10.5 Å². The number of nitrogens with zero attached hydrogens (tertiary/aromatic N) is 2. The van der Waals surface area contributed by atoms with Gasteiger partial charge in [0.1, 0.15) is 17.1 Å². The van der Waals surface area contributed by atoms with Gasteiger partial charge >= 0.3 is 0 Å². The van der Waals surface area contributed by atoms with Crippen molar-refractivity contribution in [2.24, 2.45) is 0 Å². The Morgan fingerprint density at radius 1 is 0.778 bits per heavy atom. The fourth-order valence-corrected chi connectivity index (χ4v) is 3.23. The number of aromatic nitrogens is 2. The van der Waals surface area contributed by atoms with Gasteiger partial charge in [-0.3, -0.25) is 4.79 Å². The lowest BCUT2D eigenvalue weighted by atomic mass is 10.1. The normalized spacial score (nSPS) is 10.7. The molecule has 1 heterocycles. The molecule has 27 heavy (non-hydrogen) atoms. The molecule has 0 amide bonds. The minimum Gasteiger partial charge on any atom is -0.494 e. The summed E-state index contributed by atoms with van der Waals surface area (Å²) in [6.45, 7) is 0. The van der Waals surface area contributed by atoms with Crippen LogP contribution in [0.2, 0.25) is 0 Å². The first-order chi connectivity index (χ1) is 13.2. The summed E-state index contributed by atoms with van der Waals surface area (Å²) in [7, 11) is 1.58. The third-order valence-corrected chi connectivity index (χ3v) is 4.45. The Hall–Kier alpha value is -3.73. The molecule has 0 saturated heterocycles. The Morgan fingerprint density at radius 2 is 1.37 bits per heavy atom. The molecule has 0 aliphatic carbocycles. The predicted octanol–water partition coefficient (Wildman–Crippen LogP) is 3.89. The molecule has 5 heteroatoms. The average molecular weight is 357 g/mol. The van der Waals surface area contributed by atoms with Gasteiger partial charge in [0.25, 0.3) is 5.56 Å². The summed E-state index contributed by atoms with van der Waals surface area (Å²) >= 11 is 0. The summed E-state index contributed by atoms with van der Waals surface area (Å²) in [5.74, 6) is 0.592. The maximum Gasteiger partial charge on any atom is 0.295 e. The largest absolute Gasteiger partial charge is 0.494 e. The van der Waals surface area contributed by atoms with E-state index >= 15 is 0 Å². The lowest BCUT2D eigenvalue weighted by Gasteiger charge is -2.17. The fraction of sp³-hybridized carbons (Fsp3) is 0.0455. The van der Waals surface area contributed by atoms with Gasteiger partial charge in [-0.05, 0) is 24.3 Å². The van der Waals surface area contributed by atoms with Crippen LogP contribution in [-0.4, -0.2) is 16.5 Å². The van der Waals surface area contributed by atoms with Crippen LogP contribution in [0.1, 0.15) is 0 Å². The molecule has 0 unspecified atom stereocenters. The molecule has 0 bridgehead atoms. The first-order valence-corrected chi connectivity index (χ1v) is 8.60. The minimum atomic E-state index is -0.290. The van der Waals surface area contributed by atoms with Crippen molar-refractivity contribution in [3.05, 3.63) is 95.3 Å². The van der Waals surface area contributed by atoms with Gasteiger partial charge in [-0.25, -0.2) is 9.36 Å². The third kappa shape index (κ3) is 2.79. The van der Waals surface area contributed by atoms with Crippen LogP contribution in [0.15, 0.2) is 89.7 Å². The Labute approximate surface area is 156 Å². The molecule has 1 aromatic heterocycles. The zero-order valence-corrected chi connectivity index (χ0v) is 14.9. The van der Waals surface area contributed by atoms with E-state index in [9.17, 15) is 4.79 Å². The van der Waals surface area contributed by atoms with Crippen molar-refractivity contribution in [2.75, 3.05) is 12.8 Å². The highest BCUT2D eigenvalue weighted by Crippen LogP contribution is 2.31. The number of ether oxygens (including phenoxy) is 1. The molecular weight excluding hydrogens is 338 g/mol. The van der Waals surface area contributed by atoms with E-state index < -0.39 is 0 Å². The van der Waals surface area contributed by atoms with Crippen LogP contribution in [0, 0.1) is 0 Å². The Bertz CT molecular complexity index is 1130. The second kappa shape index (κ2) is 6.88. The SMILES string of the molecule is COc1ccccc1-n1c(=O)c(N)c(-c2ccccc2)n1-c1ccccc1. The highest BCUT2D eigenvalue weighted by molar-refractivity contribution is 5.75.